The van der Waals surface area contributed by atoms with Crippen LogP contribution in [-0.4, -0.2) is 47.8 Å². The summed E-state index contributed by atoms with van der Waals surface area (Å²) in [5.74, 6) is -0.0433. The van der Waals surface area contributed by atoms with Gasteiger partial charge in [-0.2, -0.15) is 5.10 Å². The van der Waals surface area contributed by atoms with Gasteiger partial charge in [0.2, 0.25) is 0 Å². The average Bonchev–Trinajstić information content (AvgIpc) is 3.15. The summed E-state index contributed by atoms with van der Waals surface area (Å²) in [4.78, 5) is 15.0. The van der Waals surface area contributed by atoms with E-state index in [0.29, 0.717) is 34.3 Å². The van der Waals surface area contributed by atoms with Gasteiger partial charge in [0.25, 0.3) is 5.91 Å². The van der Waals surface area contributed by atoms with Crippen molar-refractivity contribution in [3.05, 3.63) is 70.8 Å². The molecule has 1 amide bonds. The molecule has 1 N–H and O–H groups in total. The highest BCUT2D eigenvalue weighted by Gasteiger charge is 2.21. The number of aromatic nitrogens is 2. The maximum atomic E-state index is 13.3. The zero-order valence-electron chi connectivity index (χ0n) is 18.0. The molecule has 0 fully saturated rings. The second-order valence-corrected chi connectivity index (χ2v) is 8.14. The minimum absolute atomic E-state index is 0.0179. The summed E-state index contributed by atoms with van der Waals surface area (Å²) in [7, 11) is 3.93. The van der Waals surface area contributed by atoms with Gasteiger partial charge in [-0.05, 0) is 62.5 Å². The molecule has 0 aliphatic heterocycles. The number of hydrogen-bond donors (Lipinski definition) is 1. The third-order valence-electron chi connectivity index (χ3n) is 4.65. The number of rotatable bonds is 8. The largest absolute Gasteiger partial charge is 0.491 e. The molecule has 0 bridgehead atoms. The van der Waals surface area contributed by atoms with Gasteiger partial charge in [-0.25, -0.2) is 9.07 Å². The van der Waals surface area contributed by atoms with E-state index in [-0.39, 0.29) is 17.6 Å². The molecule has 2 aromatic carbocycles. The van der Waals surface area contributed by atoms with Crippen LogP contribution in [0.25, 0.3) is 5.69 Å². The number of carbonyl (C=O) groups excluding carboxylic acids is 1. The van der Waals surface area contributed by atoms with E-state index >= 15 is 0 Å². The second-order valence-electron chi connectivity index (χ2n) is 7.74. The topological polar surface area (TPSA) is 59.4 Å². The van der Waals surface area contributed by atoms with E-state index in [4.69, 9.17) is 16.3 Å². The zero-order valence-corrected chi connectivity index (χ0v) is 18.8. The summed E-state index contributed by atoms with van der Waals surface area (Å²) in [5.41, 5.74) is 2.42. The molecular weight excluding hydrogens is 419 g/mol. The van der Waals surface area contributed by atoms with E-state index in [2.05, 4.69) is 10.4 Å². The minimum atomic E-state index is -0.328. The van der Waals surface area contributed by atoms with Crippen LogP contribution >= 0.6 is 11.6 Å². The molecule has 0 saturated carbocycles. The highest BCUT2D eigenvalue weighted by molar-refractivity contribution is 6.32. The van der Waals surface area contributed by atoms with Crippen LogP contribution < -0.4 is 10.1 Å². The summed E-state index contributed by atoms with van der Waals surface area (Å²) in [6.07, 6.45) is 1.52. The number of nitrogens with zero attached hydrogens (tertiary/aromatic N) is 3. The molecule has 6 nitrogen and oxygen atoms in total. The second kappa shape index (κ2) is 9.94. The Morgan fingerprint density at radius 2 is 1.94 bits per heavy atom. The Morgan fingerprint density at radius 1 is 1.23 bits per heavy atom. The van der Waals surface area contributed by atoms with Crippen molar-refractivity contribution in [2.45, 2.75) is 19.8 Å². The Kier molecular flexibility index (Phi) is 7.30. The van der Waals surface area contributed by atoms with Gasteiger partial charge in [0.15, 0.2) is 0 Å². The maximum absolute atomic E-state index is 13.3. The molecule has 1 heterocycles. The average molecular weight is 445 g/mol. The number of halogens is 2. The standard InChI is InChI=1S/C23H26ClFN4O2/c1-15(2)22-19(14-26-29(22)18-8-5-16(25)6-9-18)23(30)27-17-7-10-21(20(24)13-17)31-12-11-28(3)4/h5-10,13-15H,11-12H2,1-4H3,(H,27,30). The van der Waals surface area contributed by atoms with Crippen molar-refractivity contribution in [1.82, 2.24) is 14.7 Å². The van der Waals surface area contributed by atoms with E-state index in [1.54, 1.807) is 35.0 Å². The fourth-order valence-electron chi connectivity index (χ4n) is 3.11. The fraction of sp³-hybridized carbons (Fsp3) is 0.304. The number of likely N-dealkylation sites (N-methyl/N-ethyl adjacent to an activating group) is 1. The SMILES string of the molecule is CC(C)c1c(C(=O)Nc2ccc(OCCN(C)C)c(Cl)c2)cnn1-c1ccc(F)cc1. The molecule has 0 aliphatic carbocycles. The van der Waals surface area contributed by atoms with Gasteiger partial charge in [0, 0.05) is 12.2 Å². The molecule has 164 valence electrons. The Hall–Kier alpha value is -2.90. The Balaban J connectivity index is 1.79. The van der Waals surface area contributed by atoms with Crippen LogP contribution in [0.4, 0.5) is 10.1 Å². The number of nitrogens with one attached hydrogen (secondary N) is 1. The van der Waals surface area contributed by atoms with Crippen molar-refractivity contribution >= 4 is 23.2 Å². The van der Waals surface area contributed by atoms with Gasteiger partial charge < -0.3 is 15.0 Å². The summed E-state index contributed by atoms with van der Waals surface area (Å²) in [6, 6.07) is 11.1. The van der Waals surface area contributed by atoms with Crippen LogP contribution in [0.1, 0.15) is 35.8 Å². The Bertz CT molecular complexity index is 1050. The summed E-state index contributed by atoms with van der Waals surface area (Å²) in [5, 5.41) is 7.65. The summed E-state index contributed by atoms with van der Waals surface area (Å²) >= 11 is 6.32. The van der Waals surface area contributed by atoms with Crippen molar-refractivity contribution in [2.24, 2.45) is 0 Å². The normalized spacial score (nSPS) is 11.2. The Labute approximate surface area is 186 Å². The first kappa shape index (κ1) is 22.8. The van der Waals surface area contributed by atoms with Crippen LogP contribution in [0.15, 0.2) is 48.7 Å². The molecule has 0 atom stereocenters. The molecule has 0 spiro atoms. The van der Waals surface area contributed by atoms with Crippen LogP contribution in [0.3, 0.4) is 0 Å². The quantitative estimate of drug-likeness (QED) is 0.532. The highest BCUT2D eigenvalue weighted by Crippen LogP contribution is 2.29. The van der Waals surface area contributed by atoms with Gasteiger partial charge in [-0.1, -0.05) is 25.4 Å². The number of hydrogen-bond acceptors (Lipinski definition) is 4. The van der Waals surface area contributed by atoms with E-state index in [9.17, 15) is 9.18 Å². The predicted molar refractivity (Wildman–Crippen MR) is 121 cm³/mol. The molecule has 1 aromatic heterocycles. The number of ether oxygens (including phenoxy) is 1. The molecule has 8 heteroatoms. The van der Waals surface area contributed by atoms with Gasteiger partial charge >= 0.3 is 0 Å². The first-order valence-corrected chi connectivity index (χ1v) is 10.4. The Morgan fingerprint density at radius 3 is 2.55 bits per heavy atom. The third-order valence-corrected chi connectivity index (χ3v) is 4.95. The number of anilines is 1. The van der Waals surface area contributed by atoms with Gasteiger partial charge in [-0.15, -0.1) is 0 Å². The van der Waals surface area contributed by atoms with Gasteiger partial charge in [-0.3, -0.25) is 4.79 Å². The predicted octanol–water partition coefficient (Wildman–Crippen LogP) is 4.98. The third kappa shape index (κ3) is 5.62. The molecule has 0 radical (unpaired) electrons. The minimum Gasteiger partial charge on any atom is -0.491 e. The first-order chi connectivity index (χ1) is 14.8. The number of amides is 1. The van der Waals surface area contributed by atoms with Crippen LogP contribution in [0.2, 0.25) is 5.02 Å². The summed E-state index contributed by atoms with van der Waals surface area (Å²) in [6.45, 7) is 5.23. The molecular formula is C23H26ClFN4O2. The fourth-order valence-corrected chi connectivity index (χ4v) is 3.34. The highest BCUT2D eigenvalue weighted by atomic mass is 35.5. The van der Waals surface area contributed by atoms with E-state index in [0.717, 1.165) is 12.2 Å². The van der Waals surface area contributed by atoms with Crippen molar-refractivity contribution in [1.29, 1.82) is 0 Å². The van der Waals surface area contributed by atoms with E-state index < -0.39 is 0 Å². The number of benzene rings is 2. The molecule has 0 unspecified atom stereocenters. The lowest BCUT2D eigenvalue weighted by Gasteiger charge is -2.14. The van der Waals surface area contributed by atoms with Crippen LogP contribution in [-0.2, 0) is 0 Å². The molecule has 0 aliphatic rings. The first-order valence-electron chi connectivity index (χ1n) is 9.98. The lowest BCUT2D eigenvalue weighted by molar-refractivity contribution is 0.102. The molecule has 0 saturated heterocycles. The maximum Gasteiger partial charge on any atom is 0.259 e. The van der Waals surface area contributed by atoms with Gasteiger partial charge in [0.1, 0.15) is 18.2 Å². The van der Waals surface area contributed by atoms with Crippen LogP contribution in [0.5, 0.6) is 5.75 Å². The lowest BCUT2D eigenvalue weighted by atomic mass is 10.0. The summed E-state index contributed by atoms with van der Waals surface area (Å²) < 4.78 is 20.6. The smallest absolute Gasteiger partial charge is 0.259 e. The van der Waals surface area contributed by atoms with Crippen molar-refractivity contribution < 1.29 is 13.9 Å². The zero-order chi connectivity index (χ0) is 22.5. The molecule has 3 aromatic rings. The van der Waals surface area contributed by atoms with Crippen molar-refractivity contribution in [3.8, 4) is 11.4 Å². The van der Waals surface area contributed by atoms with Crippen molar-refractivity contribution in [2.75, 3.05) is 32.6 Å². The molecule has 3 rings (SSSR count). The van der Waals surface area contributed by atoms with Crippen molar-refractivity contribution in [3.63, 3.8) is 0 Å². The van der Waals surface area contributed by atoms with E-state index in [1.165, 1.54) is 18.3 Å². The van der Waals surface area contributed by atoms with E-state index in [1.807, 2.05) is 32.8 Å². The lowest BCUT2D eigenvalue weighted by Crippen LogP contribution is -2.19. The van der Waals surface area contributed by atoms with Gasteiger partial charge in [0.05, 0.1) is 28.2 Å². The number of carbonyl (C=O) groups is 1. The monoisotopic (exact) mass is 444 g/mol. The molecule has 31 heavy (non-hydrogen) atoms. The van der Waals surface area contributed by atoms with Crippen LogP contribution in [0, 0.1) is 5.82 Å².